The van der Waals surface area contributed by atoms with E-state index in [4.69, 9.17) is 0 Å². The molecule has 1 aromatic heterocycles. The maximum atomic E-state index is 12.2. The molecule has 0 radical (unpaired) electrons. The van der Waals surface area contributed by atoms with Gasteiger partial charge in [-0.1, -0.05) is 0 Å². The molecule has 2 fully saturated rings. The van der Waals surface area contributed by atoms with Gasteiger partial charge in [0, 0.05) is 33.2 Å². The van der Waals surface area contributed by atoms with Crippen LogP contribution in [-0.4, -0.2) is 65.8 Å². The Balaban J connectivity index is 1.70. The summed E-state index contributed by atoms with van der Waals surface area (Å²) in [4.78, 5) is 29.6. The van der Waals surface area contributed by atoms with Gasteiger partial charge in [0.2, 0.25) is 11.8 Å². The first-order valence-electron chi connectivity index (χ1n) is 6.43. The average molecular weight is 279 g/mol. The molecule has 1 atom stereocenters. The van der Waals surface area contributed by atoms with E-state index in [9.17, 15) is 9.59 Å². The summed E-state index contributed by atoms with van der Waals surface area (Å²) in [6.07, 6.45) is 0. The minimum atomic E-state index is -0.293. The van der Waals surface area contributed by atoms with E-state index in [1.165, 1.54) is 10.5 Å². The van der Waals surface area contributed by atoms with Crippen LogP contribution >= 0.6 is 11.3 Å². The number of carbonyl (C=O) groups is 2. The smallest absolute Gasteiger partial charge is 0.246 e. The molecule has 2 amide bonds. The molecule has 2 saturated heterocycles. The Labute approximate surface area is 116 Å². The van der Waals surface area contributed by atoms with Crippen molar-refractivity contribution in [2.75, 3.05) is 33.2 Å². The molecule has 102 valence electrons. The van der Waals surface area contributed by atoms with Crippen molar-refractivity contribution >= 4 is 23.2 Å². The van der Waals surface area contributed by atoms with E-state index in [-0.39, 0.29) is 24.4 Å². The number of fused-ring (bicyclic) bond motifs is 1. The van der Waals surface area contributed by atoms with Gasteiger partial charge < -0.3 is 9.80 Å². The van der Waals surface area contributed by atoms with Gasteiger partial charge in [0.25, 0.3) is 0 Å². The Kier molecular flexibility index (Phi) is 3.28. The van der Waals surface area contributed by atoms with E-state index in [0.717, 1.165) is 13.1 Å². The first-order valence-corrected chi connectivity index (χ1v) is 7.37. The molecule has 19 heavy (non-hydrogen) atoms. The van der Waals surface area contributed by atoms with Gasteiger partial charge in [-0.15, -0.1) is 0 Å². The van der Waals surface area contributed by atoms with Gasteiger partial charge in [-0.3, -0.25) is 14.5 Å². The quantitative estimate of drug-likeness (QED) is 0.778. The zero-order chi connectivity index (χ0) is 13.4. The molecular formula is C13H17N3O2S. The van der Waals surface area contributed by atoms with Gasteiger partial charge in [-0.05, 0) is 22.4 Å². The van der Waals surface area contributed by atoms with Crippen molar-refractivity contribution in [2.45, 2.75) is 12.6 Å². The molecule has 0 aromatic carbocycles. The molecular weight excluding hydrogens is 262 g/mol. The lowest BCUT2D eigenvalue weighted by Gasteiger charge is -2.45. The van der Waals surface area contributed by atoms with Crippen molar-refractivity contribution in [3.05, 3.63) is 22.4 Å². The monoisotopic (exact) mass is 279 g/mol. The van der Waals surface area contributed by atoms with Crippen molar-refractivity contribution in [2.24, 2.45) is 0 Å². The van der Waals surface area contributed by atoms with Crippen molar-refractivity contribution in [1.82, 2.24) is 14.7 Å². The molecule has 2 aliphatic heterocycles. The Hall–Kier alpha value is -1.40. The zero-order valence-corrected chi connectivity index (χ0v) is 11.7. The van der Waals surface area contributed by atoms with Gasteiger partial charge >= 0.3 is 0 Å². The van der Waals surface area contributed by atoms with Crippen LogP contribution in [0.15, 0.2) is 16.8 Å². The Bertz CT molecular complexity index is 488. The highest BCUT2D eigenvalue weighted by atomic mass is 32.1. The highest BCUT2D eigenvalue weighted by Crippen LogP contribution is 2.19. The number of thiophene rings is 1. The fourth-order valence-electron chi connectivity index (χ4n) is 2.76. The van der Waals surface area contributed by atoms with Gasteiger partial charge in [0.05, 0.1) is 6.54 Å². The van der Waals surface area contributed by atoms with E-state index in [2.05, 4.69) is 21.7 Å². The molecule has 3 rings (SSSR count). The lowest BCUT2D eigenvalue weighted by atomic mass is 10.1. The summed E-state index contributed by atoms with van der Waals surface area (Å²) in [6.45, 7) is 3.23. The first-order chi connectivity index (χ1) is 9.15. The van der Waals surface area contributed by atoms with Crippen LogP contribution in [0, 0.1) is 0 Å². The summed E-state index contributed by atoms with van der Waals surface area (Å²) in [5, 5.41) is 4.20. The Morgan fingerprint density at radius 3 is 2.95 bits per heavy atom. The minimum Gasteiger partial charge on any atom is -0.335 e. The summed E-state index contributed by atoms with van der Waals surface area (Å²) >= 11 is 1.69. The van der Waals surface area contributed by atoms with Crippen LogP contribution in [0.2, 0.25) is 0 Å². The predicted octanol–water partition coefficient (Wildman–Crippen LogP) is 0.233. The standard InChI is InChI=1S/C13H17N3O2S/c1-14-8-12(17)16-4-3-15(7-11(16)13(14)18)6-10-2-5-19-9-10/h2,5,9,11H,3-4,6-8H2,1H3/t11-/m1/s1. The molecule has 5 nitrogen and oxygen atoms in total. The lowest BCUT2D eigenvalue weighted by molar-refractivity contribution is -0.158. The van der Waals surface area contributed by atoms with E-state index in [1.54, 1.807) is 23.3 Å². The third-order valence-corrected chi connectivity index (χ3v) is 4.54. The number of rotatable bonds is 2. The summed E-state index contributed by atoms with van der Waals surface area (Å²) < 4.78 is 0. The molecule has 1 aromatic rings. The number of hydrogen-bond donors (Lipinski definition) is 0. The molecule has 0 aliphatic carbocycles. The van der Waals surface area contributed by atoms with E-state index in [0.29, 0.717) is 13.1 Å². The minimum absolute atomic E-state index is 0.0645. The maximum absolute atomic E-state index is 12.2. The second-order valence-electron chi connectivity index (χ2n) is 5.16. The van der Waals surface area contributed by atoms with Gasteiger partial charge in [0.1, 0.15) is 6.04 Å². The largest absolute Gasteiger partial charge is 0.335 e. The van der Waals surface area contributed by atoms with Crippen molar-refractivity contribution in [3.63, 3.8) is 0 Å². The van der Waals surface area contributed by atoms with E-state index >= 15 is 0 Å². The third kappa shape index (κ3) is 2.37. The van der Waals surface area contributed by atoms with Gasteiger partial charge in [0.15, 0.2) is 0 Å². The van der Waals surface area contributed by atoms with Crippen molar-refractivity contribution in [3.8, 4) is 0 Å². The molecule has 0 N–H and O–H groups in total. The summed E-state index contributed by atoms with van der Waals surface area (Å²) in [5.41, 5.74) is 1.28. The van der Waals surface area contributed by atoms with Crippen molar-refractivity contribution < 1.29 is 9.59 Å². The summed E-state index contributed by atoms with van der Waals surface area (Å²) in [5.74, 6) is 0.136. The van der Waals surface area contributed by atoms with Crippen LogP contribution in [0.4, 0.5) is 0 Å². The molecule has 0 spiro atoms. The number of piperazine rings is 2. The average Bonchev–Trinajstić information content (AvgIpc) is 2.89. The second kappa shape index (κ2) is 4.94. The van der Waals surface area contributed by atoms with Crippen LogP contribution in [0.5, 0.6) is 0 Å². The van der Waals surface area contributed by atoms with Crippen LogP contribution < -0.4 is 0 Å². The van der Waals surface area contributed by atoms with Crippen molar-refractivity contribution in [1.29, 1.82) is 0 Å². The number of hydrogen-bond acceptors (Lipinski definition) is 4. The second-order valence-corrected chi connectivity index (χ2v) is 5.94. The van der Waals surface area contributed by atoms with E-state index < -0.39 is 0 Å². The molecule has 0 bridgehead atoms. The molecule has 3 heterocycles. The van der Waals surface area contributed by atoms with E-state index in [1.807, 2.05) is 0 Å². The first kappa shape index (κ1) is 12.6. The maximum Gasteiger partial charge on any atom is 0.246 e. The SMILES string of the molecule is CN1CC(=O)N2CCN(Cc3ccsc3)C[C@@H]2C1=O. The predicted molar refractivity (Wildman–Crippen MR) is 72.7 cm³/mol. The normalized spacial score (nSPS) is 24.8. The van der Waals surface area contributed by atoms with Gasteiger partial charge in [-0.25, -0.2) is 0 Å². The number of amides is 2. The third-order valence-electron chi connectivity index (χ3n) is 3.80. The van der Waals surface area contributed by atoms with Gasteiger partial charge in [-0.2, -0.15) is 11.3 Å². The topological polar surface area (TPSA) is 43.9 Å². The fourth-order valence-corrected chi connectivity index (χ4v) is 3.42. The fraction of sp³-hybridized carbons (Fsp3) is 0.538. The summed E-state index contributed by atoms with van der Waals surface area (Å²) in [7, 11) is 1.70. The molecule has 2 aliphatic rings. The molecule has 0 saturated carbocycles. The summed E-state index contributed by atoms with van der Waals surface area (Å²) in [6, 6.07) is 1.82. The Morgan fingerprint density at radius 2 is 2.21 bits per heavy atom. The molecule has 0 unspecified atom stereocenters. The number of carbonyl (C=O) groups excluding carboxylic acids is 2. The van der Waals surface area contributed by atoms with Crippen LogP contribution in [0.1, 0.15) is 5.56 Å². The highest BCUT2D eigenvalue weighted by molar-refractivity contribution is 7.07. The van der Waals surface area contributed by atoms with Crippen LogP contribution in [0.3, 0.4) is 0 Å². The van der Waals surface area contributed by atoms with Crippen LogP contribution in [0.25, 0.3) is 0 Å². The zero-order valence-electron chi connectivity index (χ0n) is 10.9. The number of nitrogens with zero attached hydrogens (tertiary/aromatic N) is 3. The van der Waals surface area contributed by atoms with Crippen LogP contribution in [-0.2, 0) is 16.1 Å². The highest BCUT2D eigenvalue weighted by Gasteiger charge is 2.40. The Morgan fingerprint density at radius 1 is 1.37 bits per heavy atom. The number of likely N-dealkylation sites (N-methyl/N-ethyl adjacent to an activating group) is 1. The molecule has 6 heteroatoms. The lowest BCUT2D eigenvalue weighted by Crippen LogP contribution is -2.65.